The molecule has 0 spiro atoms. The van der Waals surface area contributed by atoms with Crippen LogP contribution in [-0.2, 0) is 0 Å². The molecule has 3 nitrogen and oxygen atoms in total. The van der Waals surface area contributed by atoms with E-state index >= 15 is 0 Å². The second-order valence-corrected chi connectivity index (χ2v) is 15.7. The number of nitrogens with one attached hydrogen (secondary N) is 2. The van der Waals surface area contributed by atoms with E-state index in [1.54, 1.807) is 0 Å². The molecule has 0 rings (SSSR count). The number of hydrogen-bond donors (Lipinski definition) is 3. The molecule has 0 aromatic carbocycles. The summed E-state index contributed by atoms with van der Waals surface area (Å²) in [6.07, 6.45) is 56.0. The summed E-state index contributed by atoms with van der Waals surface area (Å²) in [5, 5.41) is 7.35. The van der Waals surface area contributed by atoms with E-state index in [0.717, 1.165) is 6.54 Å². The zero-order valence-electron chi connectivity index (χ0n) is 33.7. The number of nitrogens with two attached hydrogens (primary N) is 1. The van der Waals surface area contributed by atoms with Crippen LogP contribution >= 0.6 is 0 Å². The molecule has 48 heavy (non-hydrogen) atoms. The third-order valence-electron chi connectivity index (χ3n) is 10.7. The lowest BCUT2D eigenvalue weighted by Gasteiger charge is -2.06. The van der Waals surface area contributed by atoms with Crippen LogP contribution in [0.4, 0.5) is 0 Å². The van der Waals surface area contributed by atoms with Crippen LogP contribution in [0.2, 0.25) is 0 Å². The Morgan fingerprint density at radius 3 is 0.583 bits per heavy atom. The predicted molar refractivity (Wildman–Crippen MR) is 221 cm³/mol. The maximum Gasteiger partial charge on any atom is -0.00489 e. The van der Waals surface area contributed by atoms with Crippen molar-refractivity contribution in [1.29, 1.82) is 0 Å². The summed E-state index contributed by atoms with van der Waals surface area (Å²) < 4.78 is 0. The largest absolute Gasteiger partial charge is 0.330 e. The van der Waals surface area contributed by atoms with Gasteiger partial charge in [-0.3, -0.25) is 0 Å². The zero-order chi connectivity index (χ0) is 34.5. The van der Waals surface area contributed by atoms with E-state index < -0.39 is 0 Å². The fourth-order valence-corrected chi connectivity index (χ4v) is 7.30. The van der Waals surface area contributed by atoms with Crippen molar-refractivity contribution >= 4 is 0 Å². The van der Waals surface area contributed by atoms with E-state index in [1.165, 1.54) is 277 Å². The molecule has 0 amide bonds. The van der Waals surface area contributed by atoms with Crippen molar-refractivity contribution < 1.29 is 0 Å². The Morgan fingerprint density at radius 2 is 0.396 bits per heavy atom. The first-order valence-electron chi connectivity index (χ1n) is 23.0. The first-order valence-corrected chi connectivity index (χ1v) is 23.0. The molecule has 0 unspecified atom stereocenters. The average molecular weight is 678 g/mol. The first-order chi connectivity index (χ1) is 23.9. The van der Waals surface area contributed by atoms with Crippen LogP contribution in [0.1, 0.15) is 257 Å². The summed E-state index contributed by atoms with van der Waals surface area (Å²) >= 11 is 0. The van der Waals surface area contributed by atoms with E-state index in [0.29, 0.717) is 0 Å². The molecule has 0 radical (unpaired) electrons. The van der Waals surface area contributed by atoms with Gasteiger partial charge in [0.05, 0.1) is 0 Å². The Labute approximate surface area is 305 Å². The van der Waals surface area contributed by atoms with Gasteiger partial charge in [0.2, 0.25) is 0 Å². The molecule has 0 aromatic heterocycles. The average Bonchev–Trinajstić information content (AvgIpc) is 3.10. The van der Waals surface area contributed by atoms with Crippen LogP contribution in [-0.4, -0.2) is 32.7 Å². The molecule has 0 saturated heterocycles. The standard InChI is InChI=1S/C45H95N3/c1-2-3-4-5-6-7-8-9-10-13-16-19-22-27-32-37-42-47-43-38-33-28-23-20-17-14-11-12-15-18-21-24-29-34-39-44-48-45-40-35-30-25-26-31-36-41-46/h47-48H,2-46H2,1H3. The van der Waals surface area contributed by atoms with Gasteiger partial charge in [0.15, 0.2) is 0 Å². The highest BCUT2D eigenvalue weighted by atomic mass is 14.8. The van der Waals surface area contributed by atoms with Crippen molar-refractivity contribution in [3.05, 3.63) is 0 Å². The van der Waals surface area contributed by atoms with E-state index in [4.69, 9.17) is 5.73 Å². The summed E-state index contributed by atoms with van der Waals surface area (Å²) in [5.74, 6) is 0. The maximum atomic E-state index is 5.55. The summed E-state index contributed by atoms with van der Waals surface area (Å²) in [5.41, 5.74) is 5.55. The third-order valence-corrected chi connectivity index (χ3v) is 10.7. The summed E-state index contributed by atoms with van der Waals surface area (Å²) in [6, 6.07) is 0. The molecule has 3 heteroatoms. The van der Waals surface area contributed by atoms with E-state index in [9.17, 15) is 0 Å². The molecule has 0 heterocycles. The van der Waals surface area contributed by atoms with Crippen LogP contribution < -0.4 is 16.4 Å². The van der Waals surface area contributed by atoms with Crippen molar-refractivity contribution in [2.45, 2.75) is 257 Å². The quantitative estimate of drug-likeness (QED) is 0.0562. The van der Waals surface area contributed by atoms with Crippen LogP contribution in [0, 0.1) is 0 Å². The molecule has 0 aliphatic carbocycles. The van der Waals surface area contributed by atoms with Crippen LogP contribution in [0.3, 0.4) is 0 Å². The van der Waals surface area contributed by atoms with Gasteiger partial charge >= 0.3 is 0 Å². The summed E-state index contributed by atoms with van der Waals surface area (Å²) in [6.45, 7) is 8.11. The van der Waals surface area contributed by atoms with Gasteiger partial charge in [-0.05, 0) is 64.8 Å². The minimum absolute atomic E-state index is 0.864. The van der Waals surface area contributed by atoms with Crippen LogP contribution in [0.15, 0.2) is 0 Å². The summed E-state index contributed by atoms with van der Waals surface area (Å²) in [4.78, 5) is 0. The second-order valence-electron chi connectivity index (χ2n) is 15.7. The highest BCUT2D eigenvalue weighted by molar-refractivity contribution is 4.55. The normalized spacial score (nSPS) is 11.6. The Hall–Kier alpha value is -0.120. The van der Waals surface area contributed by atoms with Gasteiger partial charge in [-0.1, -0.05) is 225 Å². The Kier molecular flexibility index (Phi) is 46.8. The predicted octanol–water partition coefficient (Wildman–Crippen LogP) is 14.4. The lowest BCUT2D eigenvalue weighted by molar-refractivity contribution is 0.513. The number of unbranched alkanes of at least 4 members (excludes halogenated alkanes) is 36. The van der Waals surface area contributed by atoms with Crippen molar-refractivity contribution in [2.75, 3.05) is 32.7 Å². The smallest absolute Gasteiger partial charge is 0.00489 e. The van der Waals surface area contributed by atoms with Crippen molar-refractivity contribution in [2.24, 2.45) is 5.73 Å². The highest BCUT2D eigenvalue weighted by Crippen LogP contribution is 2.15. The third kappa shape index (κ3) is 45.9. The monoisotopic (exact) mass is 678 g/mol. The molecule has 4 N–H and O–H groups in total. The SMILES string of the molecule is CCCCCCCCCCCCCCCCCCNCCCCCCCCCCCCCCCCCCNCCCCCCCCCN. The van der Waals surface area contributed by atoms with E-state index in [-0.39, 0.29) is 0 Å². The molecule has 0 aromatic rings. The molecule has 0 saturated carbocycles. The molecule has 0 aliphatic rings. The van der Waals surface area contributed by atoms with Crippen molar-refractivity contribution in [1.82, 2.24) is 10.6 Å². The number of rotatable bonds is 45. The molecule has 0 fully saturated rings. The fourth-order valence-electron chi connectivity index (χ4n) is 7.30. The fraction of sp³-hybridized carbons (Fsp3) is 1.00. The lowest BCUT2D eigenvalue weighted by Crippen LogP contribution is -2.16. The van der Waals surface area contributed by atoms with Gasteiger partial charge in [0.1, 0.15) is 0 Å². The Bertz CT molecular complexity index is 478. The second kappa shape index (κ2) is 46.9. The molecule has 290 valence electrons. The minimum atomic E-state index is 0.864. The molecular weight excluding hydrogens is 583 g/mol. The number of hydrogen-bond acceptors (Lipinski definition) is 3. The van der Waals surface area contributed by atoms with Gasteiger partial charge in [-0.2, -0.15) is 0 Å². The first kappa shape index (κ1) is 47.9. The molecule has 0 aliphatic heterocycles. The Morgan fingerprint density at radius 1 is 0.229 bits per heavy atom. The van der Waals surface area contributed by atoms with E-state index in [2.05, 4.69) is 17.6 Å². The van der Waals surface area contributed by atoms with Crippen LogP contribution in [0.25, 0.3) is 0 Å². The summed E-state index contributed by atoms with van der Waals surface area (Å²) in [7, 11) is 0. The van der Waals surface area contributed by atoms with Gasteiger partial charge < -0.3 is 16.4 Å². The highest BCUT2D eigenvalue weighted by Gasteiger charge is 1.98. The molecule has 0 bridgehead atoms. The van der Waals surface area contributed by atoms with Gasteiger partial charge in [0, 0.05) is 0 Å². The van der Waals surface area contributed by atoms with E-state index in [1.807, 2.05) is 0 Å². The Balaban J connectivity index is 3.04. The molecule has 0 atom stereocenters. The van der Waals surface area contributed by atoms with Gasteiger partial charge in [0.25, 0.3) is 0 Å². The lowest BCUT2D eigenvalue weighted by atomic mass is 10.0. The molecular formula is C45H95N3. The maximum absolute atomic E-state index is 5.55. The van der Waals surface area contributed by atoms with Crippen molar-refractivity contribution in [3.63, 3.8) is 0 Å². The topological polar surface area (TPSA) is 50.1 Å². The van der Waals surface area contributed by atoms with Gasteiger partial charge in [-0.25, -0.2) is 0 Å². The van der Waals surface area contributed by atoms with Crippen LogP contribution in [0.5, 0.6) is 0 Å². The minimum Gasteiger partial charge on any atom is -0.330 e. The van der Waals surface area contributed by atoms with Crippen molar-refractivity contribution in [3.8, 4) is 0 Å². The van der Waals surface area contributed by atoms with Gasteiger partial charge in [-0.15, -0.1) is 0 Å². The zero-order valence-corrected chi connectivity index (χ0v) is 33.7.